The summed E-state index contributed by atoms with van der Waals surface area (Å²) in [7, 11) is 0. The summed E-state index contributed by atoms with van der Waals surface area (Å²) >= 11 is 0. The van der Waals surface area contributed by atoms with Crippen molar-refractivity contribution in [2.24, 2.45) is 0 Å². The van der Waals surface area contributed by atoms with E-state index in [-0.39, 0.29) is 0 Å². The van der Waals surface area contributed by atoms with Crippen LogP contribution < -0.4 is 5.69 Å². The molecule has 0 radical (unpaired) electrons. The van der Waals surface area contributed by atoms with Crippen LogP contribution in [-0.4, -0.2) is 14.5 Å². The Balaban J connectivity index is 2.28. The van der Waals surface area contributed by atoms with Gasteiger partial charge >= 0.3 is 5.69 Å². The molecule has 0 atom stereocenters. The molecule has 0 aliphatic rings. The van der Waals surface area contributed by atoms with E-state index in [1.54, 1.807) is 6.20 Å². The summed E-state index contributed by atoms with van der Waals surface area (Å²) in [6.45, 7) is 0.479. The Bertz CT molecular complexity index is 470. The van der Waals surface area contributed by atoms with Gasteiger partial charge in [0.15, 0.2) is 0 Å². The van der Waals surface area contributed by atoms with Gasteiger partial charge in [0.2, 0.25) is 0 Å². The molecule has 0 fully saturated rings. The Labute approximate surface area is 80.6 Å². The smallest absolute Gasteiger partial charge is 0.361 e. The molecule has 0 saturated heterocycles. The maximum Gasteiger partial charge on any atom is 0.361 e. The van der Waals surface area contributed by atoms with Crippen LogP contribution in [0.15, 0.2) is 47.5 Å². The number of hydrogen-bond acceptors (Lipinski definition) is 2. The highest BCUT2D eigenvalue weighted by Crippen LogP contribution is 1.99. The minimum Gasteiger partial charge on any atom is -0.424 e. The summed E-state index contributed by atoms with van der Waals surface area (Å²) < 4.78 is 2.01. The van der Waals surface area contributed by atoms with Gasteiger partial charge in [0.05, 0.1) is 12.7 Å². The predicted octanol–water partition coefficient (Wildman–Crippen LogP) is 0.935. The summed E-state index contributed by atoms with van der Waals surface area (Å²) in [5.41, 5.74) is 0.606. The van der Waals surface area contributed by atoms with Crippen molar-refractivity contribution in [1.29, 1.82) is 0 Å². The zero-order valence-electron chi connectivity index (χ0n) is 7.50. The maximum absolute atomic E-state index is 11.2. The molecule has 4 heteroatoms. The first-order valence-corrected chi connectivity index (χ1v) is 4.28. The fraction of sp³-hybridized carbons (Fsp3) is 0.100. The van der Waals surface area contributed by atoms with Gasteiger partial charge in [-0.1, -0.05) is 30.3 Å². The van der Waals surface area contributed by atoms with Crippen LogP contribution in [-0.2, 0) is 6.54 Å². The number of rotatable bonds is 2. The molecule has 1 N–H and O–H groups in total. The Morgan fingerprint density at radius 3 is 2.43 bits per heavy atom. The van der Waals surface area contributed by atoms with Crippen LogP contribution in [0.3, 0.4) is 0 Å². The fourth-order valence-electron chi connectivity index (χ4n) is 1.30. The molecule has 1 aromatic carbocycles. The van der Waals surface area contributed by atoms with Crippen molar-refractivity contribution in [3.05, 3.63) is 58.8 Å². The Morgan fingerprint density at radius 2 is 1.86 bits per heavy atom. The van der Waals surface area contributed by atoms with Crippen molar-refractivity contribution in [3.8, 4) is 0 Å². The molecule has 0 aliphatic carbocycles. The summed E-state index contributed by atoms with van der Waals surface area (Å²) in [5.74, 6) is 0. The molecular weight excluding hydrogens is 180 g/mol. The average molecular weight is 190 g/mol. The molecule has 1 aromatic heterocycles. The molecule has 2 aromatic rings. The molecule has 2 rings (SSSR count). The molecule has 4 nitrogen and oxygen atoms in total. The first-order valence-electron chi connectivity index (χ1n) is 4.28. The molecule has 0 spiro atoms. The van der Waals surface area contributed by atoms with Gasteiger partial charge in [-0.25, -0.2) is 4.79 Å². The number of benzene rings is 1. The summed E-state index contributed by atoms with van der Waals surface area (Å²) in [4.78, 5) is 11.2. The predicted molar refractivity (Wildman–Crippen MR) is 51.4 cm³/mol. The van der Waals surface area contributed by atoms with Gasteiger partial charge in [-0.05, 0) is 5.56 Å². The molecule has 0 unspecified atom stereocenters. The summed E-state index contributed by atoms with van der Waals surface area (Å²) in [6, 6.07) is 9.61. The number of aromatic nitrogens is 2. The van der Waals surface area contributed by atoms with E-state index in [9.17, 15) is 4.79 Å². The monoisotopic (exact) mass is 190 g/mol. The lowest BCUT2D eigenvalue weighted by Crippen LogP contribution is -2.22. The topological polar surface area (TPSA) is 47.2 Å². The molecule has 72 valence electrons. The van der Waals surface area contributed by atoms with Crippen molar-refractivity contribution in [2.45, 2.75) is 6.54 Å². The van der Waals surface area contributed by atoms with Crippen LogP contribution in [0.1, 0.15) is 5.56 Å². The Morgan fingerprint density at radius 1 is 1.14 bits per heavy atom. The molecule has 0 amide bonds. The van der Waals surface area contributed by atoms with Gasteiger partial charge in [0.1, 0.15) is 0 Å². The molecule has 0 saturated carbocycles. The van der Waals surface area contributed by atoms with E-state index in [1.807, 2.05) is 30.3 Å². The van der Waals surface area contributed by atoms with Gasteiger partial charge in [-0.2, -0.15) is 0 Å². The second-order valence-electron chi connectivity index (χ2n) is 3.04. The van der Waals surface area contributed by atoms with Gasteiger partial charge in [0, 0.05) is 6.20 Å². The van der Waals surface area contributed by atoms with E-state index in [0.717, 1.165) is 5.56 Å². The molecule has 0 bridgehead atoms. The van der Waals surface area contributed by atoms with Crippen LogP contribution in [0.25, 0.3) is 0 Å². The molecule has 0 aliphatic heterocycles. The lowest BCUT2D eigenvalue weighted by atomic mass is 10.2. The van der Waals surface area contributed by atoms with Gasteiger partial charge in [-0.15, -0.1) is 4.73 Å². The Hall–Kier alpha value is -1.97. The third kappa shape index (κ3) is 1.54. The Kier molecular flexibility index (Phi) is 2.10. The second kappa shape index (κ2) is 3.41. The maximum atomic E-state index is 11.2. The molecule has 14 heavy (non-hydrogen) atoms. The number of imidazole rings is 1. The highest BCUT2D eigenvalue weighted by molar-refractivity contribution is 5.14. The molecule has 1 heterocycles. The van der Waals surface area contributed by atoms with E-state index < -0.39 is 5.69 Å². The van der Waals surface area contributed by atoms with Crippen molar-refractivity contribution >= 4 is 0 Å². The van der Waals surface area contributed by atoms with E-state index in [4.69, 9.17) is 5.21 Å². The van der Waals surface area contributed by atoms with Crippen LogP contribution in [0.2, 0.25) is 0 Å². The quantitative estimate of drug-likeness (QED) is 0.716. The lowest BCUT2D eigenvalue weighted by Gasteiger charge is -2.00. The SMILES string of the molecule is O=c1n(O)ccn1Cc1ccccc1. The first kappa shape index (κ1) is 8.62. The van der Waals surface area contributed by atoms with E-state index >= 15 is 0 Å². The van der Waals surface area contributed by atoms with Gasteiger partial charge in [-0.3, -0.25) is 4.57 Å². The summed E-state index contributed by atoms with van der Waals surface area (Å²) in [6.07, 6.45) is 2.88. The standard InChI is InChI=1S/C10H10N2O2/c13-10-11(6-7-12(10)14)8-9-4-2-1-3-5-9/h1-7,14H,8H2. The second-order valence-corrected chi connectivity index (χ2v) is 3.04. The first-order chi connectivity index (χ1) is 6.77. The third-order valence-electron chi connectivity index (χ3n) is 2.03. The normalized spacial score (nSPS) is 10.3. The summed E-state index contributed by atoms with van der Waals surface area (Å²) in [5, 5.41) is 9.00. The minimum atomic E-state index is -0.422. The fourth-order valence-corrected chi connectivity index (χ4v) is 1.30. The van der Waals surface area contributed by atoms with Crippen LogP contribution in [0, 0.1) is 0 Å². The molecular formula is C10H10N2O2. The number of nitrogens with zero attached hydrogens (tertiary/aromatic N) is 2. The van der Waals surface area contributed by atoms with Gasteiger partial charge in [0.25, 0.3) is 0 Å². The zero-order valence-corrected chi connectivity index (χ0v) is 7.50. The highest BCUT2D eigenvalue weighted by atomic mass is 16.5. The van der Waals surface area contributed by atoms with Crippen LogP contribution in [0.4, 0.5) is 0 Å². The van der Waals surface area contributed by atoms with Crippen LogP contribution >= 0.6 is 0 Å². The lowest BCUT2D eigenvalue weighted by molar-refractivity contribution is 0.173. The third-order valence-corrected chi connectivity index (χ3v) is 2.03. The zero-order chi connectivity index (χ0) is 9.97. The highest BCUT2D eigenvalue weighted by Gasteiger charge is 2.01. The van der Waals surface area contributed by atoms with Crippen molar-refractivity contribution < 1.29 is 5.21 Å². The van der Waals surface area contributed by atoms with E-state index in [2.05, 4.69) is 0 Å². The van der Waals surface area contributed by atoms with Crippen LogP contribution in [0.5, 0.6) is 0 Å². The largest absolute Gasteiger partial charge is 0.424 e. The van der Waals surface area contributed by atoms with Crippen molar-refractivity contribution in [1.82, 2.24) is 9.30 Å². The van der Waals surface area contributed by atoms with E-state index in [0.29, 0.717) is 11.3 Å². The average Bonchev–Trinajstić information content (AvgIpc) is 2.52. The number of hydrogen-bond donors (Lipinski definition) is 1. The van der Waals surface area contributed by atoms with Crippen molar-refractivity contribution in [2.75, 3.05) is 0 Å². The van der Waals surface area contributed by atoms with Crippen molar-refractivity contribution in [3.63, 3.8) is 0 Å². The minimum absolute atomic E-state index is 0.422. The van der Waals surface area contributed by atoms with E-state index in [1.165, 1.54) is 10.8 Å². The van der Waals surface area contributed by atoms with Gasteiger partial charge < -0.3 is 5.21 Å².